The molecule has 30 heavy (non-hydrogen) atoms. The van der Waals surface area contributed by atoms with Crippen LogP contribution < -0.4 is 21.8 Å². The maximum absolute atomic E-state index is 11.8. The minimum atomic E-state index is -1.15. The molecule has 10 heteroatoms. The van der Waals surface area contributed by atoms with E-state index < -0.39 is 18.2 Å². The standard InChI is InChI=1S/C20H29N5O5/c1-24(2)18(26)5-3-4-13-6-7-14-11-15(19(22)27)12-17(21)25(16(14)10-13)30-9-8-23-20(28)29/h6-7,10-11,17,23H,3-5,8-9,12,21H2,1-2H3,(H2,22,27)(H,28,29). The van der Waals surface area contributed by atoms with E-state index in [0.29, 0.717) is 30.5 Å². The molecule has 0 saturated carbocycles. The molecule has 0 saturated heterocycles. The molecule has 0 spiro atoms. The van der Waals surface area contributed by atoms with Crippen molar-refractivity contribution >= 4 is 29.7 Å². The Kier molecular flexibility index (Phi) is 8.19. The Morgan fingerprint density at radius 2 is 2.07 bits per heavy atom. The number of fused-ring (bicyclic) bond motifs is 1. The predicted molar refractivity (Wildman–Crippen MR) is 112 cm³/mol. The molecule has 0 aromatic heterocycles. The van der Waals surface area contributed by atoms with Crippen LogP contribution in [0.3, 0.4) is 0 Å². The van der Waals surface area contributed by atoms with Crippen molar-refractivity contribution in [3.8, 4) is 0 Å². The van der Waals surface area contributed by atoms with Crippen molar-refractivity contribution < 1.29 is 24.3 Å². The molecule has 0 fully saturated rings. The topological polar surface area (TPSA) is 151 Å². The van der Waals surface area contributed by atoms with E-state index in [1.807, 2.05) is 18.2 Å². The summed E-state index contributed by atoms with van der Waals surface area (Å²) in [5, 5.41) is 12.4. The molecule has 1 heterocycles. The van der Waals surface area contributed by atoms with Crippen molar-refractivity contribution in [3.63, 3.8) is 0 Å². The number of carbonyl (C=O) groups excluding carboxylic acids is 2. The molecule has 6 N–H and O–H groups in total. The Morgan fingerprint density at radius 3 is 2.70 bits per heavy atom. The second-order valence-electron chi connectivity index (χ2n) is 7.23. The first-order chi connectivity index (χ1) is 14.2. The van der Waals surface area contributed by atoms with Gasteiger partial charge in [-0.25, -0.2) is 9.86 Å². The van der Waals surface area contributed by atoms with Crippen LogP contribution in [0, 0.1) is 0 Å². The van der Waals surface area contributed by atoms with Crippen LogP contribution in [-0.2, 0) is 20.8 Å². The molecule has 1 aromatic carbocycles. The minimum absolute atomic E-state index is 0.0624. The van der Waals surface area contributed by atoms with Crippen molar-refractivity contribution in [2.45, 2.75) is 31.8 Å². The number of hydrogen-bond donors (Lipinski definition) is 4. The molecule has 164 valence electrons. The summed E-state index contributed by atoms with van der Waals surface area (Å²) in [6.07, 6.45) is 1.86. The molecule has 10 nitrogen and oxygen atoms in total. The highest BCUT2D eigenvalue weighted by Gasteiger charge is 2.26. The van der Waals surface area contributed by atoms with E-state index in [1.165, 1.54) is 5.06 Å². The van der Waals surface area contributed by atoms with Crippen molar-refractivity contribution in [2.75, 3.05) is 32.3 Å². The number of carboxylic acid groups (broad SMARTS) is 1. The first-order valence-corrected chi connectivity index (χ1v) is 9.67. The van der Waals surface area contributed by atoms with Gasteiger partial charge in [0.25, 0.3) is 0 Å². The van der Waals surface area contributed by atoms with Gasteiger partial charge in [0.2, 0.25) is 11.8 Å². The van der Waals surface area contributed by atoms with Gasteiger partial charge in [0.15, 0.2) is 0 Å². The smallest absolute Gasteiger partial charge is 0.404 e. The molecule has 0 radical (unpaired) electrons. The first-order valence-electron chi connectivity index (χ1n) is 9.67. The van der Waals surface area contributed by atoms with Gasteiger partial charge in [-0.3, -0.25) is 14.4 Å². The van der Waals surface area contributed by atoms with Gasteiger partial charge >= 0.3 is 6.09 Å². The molecule has 1 aromatic rings. The summed E-state index contributed by atoms with van der Waals surface area (Å²) in [5.41, 5.74) is 14.5. The monoisotopic (exact) mass is 419 g/mol. The summed E-state index contributed by atoms with van der Waals surface area (Å²) in [4.78, 5) is 41.5. The number of rotatable bonds is 9. The lowest BCUT2D eigenvalue weighted by molar-refractivity contribution is -0.128. The average molecular weight is 419 g/mol. The number of nitrogens with two attached hydrogens (primary N) is 2. The number of amides is 3. The predicted octanol–water partition coefficient (Wildman–Crippen LogP) is 0.660. The fourth-order valence-electron chi connectivity index (χ4n) is 3.10. The van der Waals surface area contributed by atoms with Crippen LogP contribution >= 0.6 is 0 Å². The summed E-state index contributed by atoms with van der Waals surface area (Å²) >= 11 is 0. The van der Waals surface area contributed by atoms with Gasteiger partial charge in [0, 0.05) is 44.6 Å². The average Bonchev–Trinajstić information content (AvgIpc) is 2.81. The molecule has 3 amide bonds. The third-order valence-electron chi connectivity index (χ3n) is 4.67. The summed E-state index contributed by atoms with van der Waals surface area (Å²) in [7, 11) is 3.45. The highest BCUT2D eigenvalue weighted by Crippen LogP contribution is 2.31. The molecule has 1 atom stereocenters. The van der Waals surface area contributed by atoms with Crippen molar-refractivity contribution in [2.24, 2.45) is 11.5 Å². The number of benzene rings is 1. The van der Waals surface area contributed by atoms with Crippen LogP contribution in [0.1, 0.15) is 30.4 Å². The molecular formula is C20H29N5O5. The lowest BCUT2D eigenvalue weighted by Crippen LogP contribution is -2.44. The minimum Gasteiger partial charge on any atom is -0.465 e. The van der Waals surface area contributed by atoms with Gasteiger partial charge in [-0.2, -0.15) is 0 Å². The van der Waals surface area contributed by atoms with E-state index in [0.717, 1.165) is 11.1 Å². The fraction of sp³-hybridized carbons (Fsp3) is 0.450. The largest absolute Gasteiger partial charge is 0.465 e. The van der Waals surface area contributed by atoms with E-state index >= 15 is 0 Å². The van der Waals surface area contributed by atoms with Crippen LogP contribution in [0.2, 0.25) is 0 Å². The van der Waals surface area contributed by atoms with Crippen LogP contribution in [0.25, 0.3) is 6.08 Å². The number of anilines is 1. The number of hydrogen-bond acceptors (Lipinski definition) is 6. The van der Waals surface area contributed by atoms with Gasteiger partial charge in [-0.15, -0.1) is 0 Å². The van der Waals surface area contributed by atoms with Crippen LogP contribution in [-0.4, -0.2) is 61.3 Å². The van der Waals surface area contributed by atoms with E-state index in [9.17, 15) is 14.4 Å². The summed E-state index contributed by atoms with van der Waals surface area (Å²) in [5.74, 6) is -0.492. The van der Waals surface area contributed by atoms with Gasteiger partial charge in [-0.05, 0) is 30.5 Å². The van der Waals surface area contributed by atoms with Crippen LogP contribution in [0.4, 0.5) is 10.5 Å². The number of aryl methyl sites for hydroxylation is 1. The van der Waals surface area contributed by atoms with Gasteiger partial charge in [0.1, 0.15) is 6.17 Å². The van der Waals surface area contributed by atoms with E-state index in [4.69, 9.17) is 21.4 Å². The number of carbonyl (C=O) groups is 3. The van der Waals surface area contributed by atoms with Gasteiger partial charge < -0.3 is 26.8 Å². The molecule has 1 unspecified atom stereocenters. The second-order valence-corrected chi connectivity index (χ2v) is 7.23. The molecule has 2 rings (SSSR count). The van der Waals surface area contributed by atoms with Gasteiger partial charge in [0.05, 0.1) is 12.3 Å². The first kappa shape index (κ1) is 23.2. The Hall–Kier alpha value is -3.11. The maximum atomic E-state index is 11.8. The Labute approximate surface area is 175 Å². The summed E-state index contributed by atoms with van der Waals surface area (Å²) in [6, 6.07) is 5.68. The Morgan fingerprint density at radius 1 is 1.33 bits per heavy atom. The van der Waals surface area contributed by atoms with E-state index in [1.54, 1.807) is 25.1 Å². The molecule has 0 bridgehead atoms. The SMILES string of the molecule is CN(C)C(=O)CCCc1ccc2c(c1)N(OCCNC(=O)O)C(N)CC(C(N)=O)=C2. The lowest BCUT2D eigenvalue weighted by Gasteiger charge is -2.30. The zero-order valence-electron chi connectivity index (χ0n) is 17.3. The quantitative estimate of drug-likeness (QED) is 0.429. The van der Waals surface area contributed by atoms with E-state index in [-0.39, 0.29) is 25.5 Å². The lowest BCUT2D eigenvalue weighted by atomic mass is 10.0. The van der Waals surface area contributed by atoms with Crippen molar-refractivity contribution in [1.29, 1.82) is 0 Å². The molecular weight excluding hydrogens is 390 g/mol. The highest BCUT2D eigenvalue weighted by molar-refractivity contribution is 5.98. The van der Waals surface area contributed by atoms with Crippen LogP contribution in [0.15, 0.2) is 23.8 Å². The number of primary amides is 1. The zero-order valence-corrected chi connectivity index (χ0v) is 17.3. The third kappa shape index (κ3) is 6.46. The molecule has 1 aliphatic heterocycles. The highest BCUT2D eigenvalue weighted by atomic mass is 16.7. The zero-order chi connectivity index (χ0) is 22.3. The number of nitrogens with zero attached hydrogens (tertiary/aromatic N) is 2. The number of nitrogens with one attached hydrogen (secondary N) is 1. The van der Waals surface area contributed by atoms with E-state index in [2.05, 4.69) is 5.32 Å². The van der Waals surface area contributed by atoms with Gasteiger partial charge in [-0.1, -0.05) is 12.1 Å². The normalized spacial score (nSPS) is 15.6. The van der Waals surface area contributed by atoms with Crippen LogP contribution in [0.5, 0.6) is 0 Å². The fourth-order valence-corrected chi connectivity index (χ4v) is 3.10. The third-order valence-corrected chi connectivity index (χ3v) is 4.67. The Bertz CT molecular complexity index is 824. The van der Waals surface area contributed by atoms with Crippen molar-refractivity contribution in [3.05, 3.63) is 34.9 Å². The maximum Gasteiger partial charge on any atom is 0.404 e. The van der Waals surface area contributed by atoms with Crippen molar-refractivity contribution in [1.82, 2.24) is 10.2 Å². The summed E-state index contributed by atoms with van der Waals surface area (Å²) < 4.78 is 0. The summed E-state index contributed by atoms with van der Waals surface area (Å²) in [6.45, 7) is 0.142. The number of hydroxylamine groups is 1. The molecule has 1 aliphatic rings. The molecule has 0 aliphatic carbocycles. The Balaban J connectivity index is 2.22. The second kappa shape index (κ2) is 10.6.